The molecule has 0 aromatic carbocycles. The number of hydrogen-bond acceptors (Lipinski definition) is 3. The second-order valence-electron chi connectivity index (χ2n) is 3.33. The monoisotopic (exact) mass is 199 g/mol. The molecule has 3 nitrogen and oxygen atoms in total. The Morgan fingerprint density at radius 1 is 1.54 bits per heavy atom. The Hall–Kier alpha value is -0.900. The Balaban J connectivity index is 2.85. The van der Waals surface area contributed by atoms with E-state index in [0.29, 0.717) is 10.9 Å². The number of rotatable bonds is 3. The van der Waals surface area contributed by atoms with Crippen molar-refractivity contribution in [2.75, 3.05) is 0 Å². The average Bonchev–Trinajstić information content (AvgIpc) is 2.50. The summed E-state index contributed by atoms with van der Waals surface area (Å²) in [7, 11) is 0. The number of hydrogen-bond donors (Lipinski definition) is 1. The van der Waals surface area contributed by atoms with Crippen LogP contribution in [-0.4, -0.2) is 16.1 Å². The highest BCUT2D eigenvalue weighted by Crippen LogP contribution is 2.23. The number of thiazole rings is 1. The normalized spacial score (nSPS) is 13.2. The van der Waals surface area contributed by atoms with Crippen molar-refractivity contribution in [3.8, 4) is 0 Å². The van der Waals surface area contributed by atoms with Crippen LogP contribution in [0.25, 0.3) is 0 Å². The Bertz CT molecular complexity index is 306. The van der Waals surface area contributed by atoms with Crippen molar-refractivity contribution in [1.29, 1.82) is 0 Å². The van der Waals surface area contributed by atoms with Crippen LogP contribution in [0.2, 0.25) is 0 Å². The van der Waals surface area contributed by atoms with Gasteiger partial charge in [0.05, 0.1) is 5.69 Å². The molecule has 1 atom stereocenters. The third-order valence-corrected chi connectivity index (χ3v) is 2.92. The van der Waals surface area contributed by atoms with Gasteiger partial charge in [-0.25, -0.2) is 4.98 Å². The summed E-state index contributed by atoms with van der Waals surface area (Å²) >= 11 is 1.42. The summed E-state index contributed by atoms with van der Waals surface area (Å²) in [6.45, 7) is 5.75. The predicted molar refractivity (Wildman–Crippen MR) is 52.3 cm³/mol. The Morgan fingerprint density at radius 2 is 2.15 bits per heavy atom. The minimum atomic E-state index is -0.815. The maximum absolute atomic E-state index is 10.6. The molecule has 72 valence electrons. The van der Waals surface area contributed by atoms with Crippen LogP contribution in [0.15, 0.2) is 5.38 Å². The van der Waals surface area contributed by atoms with Gasteiger partial charge in [0.25, 0.3) is 0 Å². The maximum Gasteiger partial charge on any atom is 0.313 e. The van der Waals surface area contributed by atoms with Crippen LogP contribution < -0.4 is 0 Å². The van der Waals surface area contributed by atoms with Crippen molar-refractivity contribution in [1.82, 2.24) is 4.98 Å². The molecule has 0 saturated heterocycles. The van der Waals surface area contributed by atoms with Crippen molar-refractivity contribution < 1.29 is 9.90 Å². The van der Waals surface area contributed by atoms with E-state index in [1.807, 2.05) is 19.2 Å². The standard InChI is InChI=1S/C9H13NO2S/c1-5(2)7-4-13-8(10-7)6(3)9(11)12/h4-6H,1-3H3,(H,11,12). The zero-order chi connectivity index (χ0) is 10.0. The molecule has 0 spiro atoms. The summed E-state index contributed by atoms with van der Waals surface area (Å²) in [5.41, 5.74) is 0.980. The Kier molecular flexibility index (Phi) is 3.03. The second kappa shape index (κ2) is 3.87. The van der Waals surface area contributed by atoms with Crippen LogP contribution in [0.4, 0.5) is 0 Å². The fourth-order valence-corrected chi connectivity index (χ4v) is 1.90. The van der Waals surface area contributed by atoms with Gasteiger partial charge in [0.2, 0.25) is 0 Å². The Labute approximate surface area is 81.4 Å². The highest BCUT2D eigenvalue weighted by molar-refractivity contribution is 7.09. The lowest BCUT2D eigenvalue weighted by Crippen LogP contribution is -2.07. The first kappa shape index (κ1) is 10.2. The van der Waals surface area contributed by atoms with E-state index in [4.69, 9.17) is 5.11 Å². The lowest BCUT2D eigenvalue weighted by molar-refractivity contribution is -0.138. The smallest absolute Gasteiger partial charge is 0.313 e. The minimum Gasteiger partial charge on any atom is -0.481 e. The van der Waals surface area contributed by atoms with Gasteiger partial charge in [0, 0.05) is 5.38 Å². The lowest BCUT2D eigenvalue weighted by Gasteiger charge is -2.00. The zero-order valence-corrected chi connectivity index (χ0v) is 8.76. The molecule has 1 aromatic rings. The average molecular weight is 199 g/mol. The second-order valence-corrected chi connectivity index (χ2v) is 4.21. The van der Waals surface area contributed by atoms with Crippen LogP contribution in [-0.2, 0) is 4.79 Å². The third kappa shape index (κ3) is 2.28. The molecular formula is C9H13NO2S. The molecule has 1 N–H and O–H groups in total. The highest BCUT2D eigenvalue weighted by atomic mass is 32.1. The molecule has 0 saturated carbocycles. The maximum atomic E-state index is 10.6. The van der Waals surface area contributed by atoms with E-state index in [1.54, 1.807) is 6.92 Å². The minimum absolute atomic E-state index is 0.367. The Morgan fingerprint density at radius 3 is 2.54 bits per heavy atom. The summed E-state index contributed by atoms with van der Waals surface area (Å²) in [5.74, 6) is -0.937. The summed E-state index contributed by atoms with van der Waals surface area (Å²) in [4.78, 5) is 14.9. The summed E-state index contributed by atoms with van der Waals surface area (Å²) in [5, 5.41) is 11.4. The first-order chi connectivity index (χ1) is 6.02. The molecular weight excluding hydrogens is 186 g/mol. The van der Waals surface area contributed by atoms with Gasteiger partial charge >= 0.3 is 5.97 Å². The van der Waals surface area contributed by atoms with E-state index in [1.165, 1.54) is 11.3 Å². The third-order valence-electron chi connectivity index (χ3n) is 1.87. The number of aromatic nitrogens is 1. The molecule has 4 heteroatoms. The molecule has 0 radical (unpaired) electrons. The van der Waals surface area contributed by atoms with Gasteiger partial charge in [0.15, 0.2) is 0 Å². The van der Waals surface area contributed by atoms with Gasteiger partial charge in [-0.3, -0.25) is 4.79 Å². The van der Waals surface area contributed by atoms with E-state index < -0.39 is 11.9 Å². The molecule has 0 bridgehead atoms. The van der Waals surface area contributed by atoms with Crippen molar-refractivity contribution in [2.45, 2.75) is 32.6 Å². The number of nitrogens with zero attached hydrogens (tertiary/aromatic N) is 1. The SMILES string of the molecule is CC(C)c1csc(C(C)C(=O)O)n1. The van der Waals surface area contributed by atoms with Gasteiger partial charge in [-0.05, 0) is 12.8 Å². The first-order valence-corrected chi connectivity index (χ1v) is 5.08. The number of aliphatic carboxylic acids is 1. The van der Waals surface area contributed by atoms with Crippen LogP contribution in [0.5, 0.6) is 0 Å². The molecule has 13 heavy (non-hydrogen) atoms. The van der Waals surface area contributed by atoms with E-state index >= 15 is 0 Å². The molecule has 1 unspecified atom stereocenters. The lowest BCUT2D eigenvalue weighted by atomic mass is 10.1. The summed E-state index contributed by atoms with van der Waals surface area (Å²) in [6, 6.07) is 0. The van der Waals surface area contributed by atoms with Gasteiger partial charge in [-0.15, -0.1) is 11.3 Å². The zero-order valence-electron chi connectivity index (χ0n) is 7.94. The quantitative estimate of drug-likeness (QED) is 0.813. The number of carbonyl (C=O) groups is 1. The molecule has 0 aliphatic heterocycles. The number of carboxylic acids is 1. The molecule has 1 rings (SSSR count). The van der Waals surface area contributed by atoms with Gasteiger partial charge in [-0.1, -0.05) is 13.8 Å². The van der Waals surface area contributed by atoms with Gasteiger partial charge in [-0.2, -0.15) is 0 Å². The highest BCUT2D eigenvalue weighted by Gasteiger charge is 2.17. The molecule has 0 fully saturated rings. The van der Waals surface area contributed by atoms with E-state index in [-0.39, 0.29) is 0 Å². The first-order valence-electron chi connectivity index (χ1n) is 4.20. The van der Waals surface area contributed by atoms with Crippen LogP contribution in [0.1, 0.15) is 43.3 Å². The van der Waals surface area contributed by atoms with E-state index in [9.17, 15) is 4.79 Å². The van der Waals surface area contributed by atoms with E-state index in [2.05, 4.69) is 4.98 Å². The van der Waals surface area contributed by atoms with Crippen LogP contribution >= 0.6 is 11.3 Å². The summed E-state index contributed by atoms with van der Waals surface area (Å²) in [6.07, 6.45) is 0. The molecule has 0 aliphatic rings. The van der Waals surface area contributed by atoms with E-state index in [0.717, 1.165) is 5.69 Å². The molecule has 0 amide bonds. The number of carboxylic acid groups (broad SMARTS) is 1. The summed E-state index contributed by atoms with van der Waals surface area (Å²) < 4.78 is 0. The molecule has 0 aliphatic carbocycles. The van der Waals surface area contributed by atoms with Crippen LogP contribution in [0.3, 0.4) is 0 Å². The van der Waals surface area contributed by atoms with Crippen LogP contribution in [0, 0.1) is 0 Å². The van der Waals surface area contributed by atoms with Crippen molar-refractivity contribution >= 4 is 17.3 Å². The largest absolute Gasteiger partial charge is 0.481 e. The van der Waals surface area contributed by atoms with Gasteiger partial charge in [0.1, 0.15) is 10.9 Å². The predicted octanol–water partition coefficient (Wildman–Crippen LogP) is 2.45. The topological polar surface area (TPSA) is 50.2 Å². The van der Waals surface area contributed by atoms with Gasteiger partial charge < -0.3 is 5.11 Å². The fourth-order valence-electron chi connectivity index (χ4n) is 0.870. The van der Waals surface area contributed by atoms with Crippen molar-refractivity contribution in [3.05, 3.63) is 16.1 Å². The van der Waals surface area contributed by atoms with Crippen molar-refractivity contribution in [2.24, 2.45) is 0 Å². The fraction of sp³-hybridized carbons (Fsp3) is 0.556. The van der Waals surface area contributed by atoms with Crippen molar-refractivity contribution in [3.63, 3.8) is 0 Å². The molecule has 1 heterocycles. The molecule has 1 aromatic heterocycles.